The van der Waals surface area contributed by atoms with E-state index in [0.717, 1.165) is 11.3 Å². The maximum Gasteiger partial charge on any atom is 0.373 e. The summed E-state index contributed by atoms with van der Waals surface area (Å²) in [7, 11) is -3.54. The van der Waals surface area contributed by atoms with Gasteiger partial charge < -0.3 is 14.4 Å². The molecule has 0 amide bonds. The zero-order chi connectivity index (χ0) is 15.0. The topological polar surface area (TPSA) is 71.3 Å². The number of hydrogen-bond donors (Lipinski definition) is 1. The number of rotatable bonds is 7. The molecule has 0 heterocycles. The highest BCUT2D eigenvalue weighted by atomic mass is 31.2. The van der Waals surface area contributed by atoms with Crippen LogP contribution in [0.25, 0.3) is 0 Å². The van der Waals surface area contributed by atoms with Crippen LogP contribution in [0, 0.1) is 18.3 Å². The first kappa shape index (κ1) is 16.5. The second kappa shape index (κ2) is 7.86. The van der Waals surface area contributed by atoms with Crippen molar-refractivity contribution in [2.24, 2.45) is 0 Å². The van der Waals surface area contributed by atoms with E-state index >= 15 is 0 Å². The van der Waals surface area contributed by atoms with Gasteiger partial charge in [0.25, 0.3) is 0 Å². The molecule has 0 fully saturated rings. The molecule has 0 saturated heterocycles. The maximum atomic E-state index is 12.4. The van der Waals surface area contributed by atoms with E-state index in [2.05, 4.69) is 5.32 Å². The molecule has 1 N–H and O–H groups in total. The second-order valence-corrected chi connectivity index (χ2v) is 5.98. The minimum atomic E-state index is -3.54. The van der Waals surface area contributed by atoms with Gasteiger partial charge in [-0.15, -0.1) is 0 Å². The van der Waals surface area contributed by atoms with Crippen molar-refractivity contribution in [3.63, 3.8) is 0 Å². The number of nitriles is 1. The first-order chi connectivity index (χ1) is 9.55. The van der Waals surface area contributed by atoms with Crippen LogP contribution in [0.3, 0.4) is 0 Å². The van der Waals surface area contributed by atoms with E-state index in [1.54, 1.807) is 13.8 Å². The van der Waals surface area contributed by atoms with E-state index in [-0.39, 0.29) is 18.5 Å². The predicted octanol–water partition coefficient (Wildman–Crippen LogP) is 4.04. The Bertz CT molecular complexity index is 537. The quantitative estimate of drug-likeness (QED) is 0.607. The van der Waals surface area contributed by atoms with Crippen molar-refractivity contribution in [3.8, 4) is 6.07 Å². The SMILES string of the molecule is CCOP(=O)(OCC)/C(C#N)=C/Nc1ccc(C)cc1. The summed E-state index contributed by atoms with van der Waals surface area (Å²) in [6.07, 6.45) is 1.37. The molecule has 6 heteroatoms. The Kier molecular flexibility index (Phi) is 6.47. The van der Waals surface area contributed by atoms with Crippen LogP contribution >= 0.6 is 7.60 Å². The summed E-state index contributed by atoms with van der Waals surface area (Å²) in [5, 5.41) is 12.0. The minimum Gasteiger partial charge on any atom is -0.360 e. The van der Waals surface area contributed by atoms with Gasteiger partial charge in [0.15, 0.2) is 5.31 Å². The van der Waals surface area contributed by atoms with Crippen LogP contribution in [0.15, 0.2) is 35.8 Å². The molecule has 0 aliphatic rings. The molecule has 1 aromatic carbocycles. The lowest BCUT2D eigenvalue weighted by atomic mass is 10.2. The normalized spacial score (nSPS) is 12.0. The van der Waals surface area contributed by atoms with Crippen LogP contribution in [0.1, 0.15) is 19.4 Å². The summed E-state index contributed by atoms with van der Waals surface area (Å²) in [6.45, 7) is 5.81. The van der Waals surface area contributed by atoms with Crippen molar-refractivity contribution in [2.45, 2.75) is 20.8 Å². The Morgan fingerprint density at radius 1 is 1.30 bits per heavy atom. The molecule has 0 atom stereocenters. The number of anilines is 1. The van der Waals surface area contributed by atoms with Gasteiger partial charge in [0.2, 0.25) is 0 Å². The van der Waals surface area contributed by atoms with Gasteiger partial charge in [-0.3, -0.25) is 4.57 Å². The van der Waals surface area contributed by atoms with Crippen LogP contribution in [0.5, 0.6) is 0 Å². The Morgan fingerprint density at radius 3 is 2.30 bits per heavy atom. The Morgan fingerprint density at radius 2 is 1.85 bits per heavy atom. The van der Waals surface area contributed by atoms with Gasteiger partial charge in [-0.2, -0.15) is 5.26 Å². The number of nitrogens with zero attached hydrogens (tertiary/aromatic N) is 1. The molecule has 0 radical (unpaired) electrons. The zero-order valence-electron chi connectivity index (χ0n) is 11.9. The Hall–Kier alpha value is -1.60. The molecule has 0 aliphatic carbocycles. The van der Waals surface area contributed by atoms with Crippen LogP contribution in [0.2, 0.25) is 0 Å². The molecular formula is C14H19N2O3P. The standard InChI is InChI=1S/C14H19N2O3P/c1-4-18-20(17,19-5-2)14(10-15)11-16-13-8-6-12(3)7-9-13/h6-9,11,16H,4-5H2,1-3H3/b14-11+. The van der Waals surface area contributed by atoms with Crippen LogP contribution < -0.4 is 5.32 Å². The second-order valence-electron chi connectivity index (χ2n) is 3.98. The predicted molar refractivity (Wildman–Crippen MR) is 79.4 cm³/mol. The highest BCUT2D eigenvalue weighted by molar-refractivity contribution is 7.58. The van der Waals surface area contributed by atoms with Gasteiger partial charge in [0.05, 0.1) is 13.2 Å². The summed E-state index contributed by atoms with van der Waals surface area (Å²) in [6, 6.07) is 9.49. The highest BCUT2D eigenvalue weighted by Gasteiger charge is 2.29. The smallest absolute Gasteiger partial charge is 0.360 e. The third-order valence-electron chi connectivity index (χ3n) is 2.43. The van der Waals surface area contributed by atoms with Gasteiger partial charge in [0, 0.05) is 11.9 Å². The molecule has 0 bridgehead atoms. The lowest BCUT2D eigenvalue weighted by Crippen LogP contribution is -2.00. The highest BCUT2D eigenvalue weighted by Crippen LogP contribution is 2.55. The first-order valence-electron chi connectivity index (χ1n) is 6.39. The molecule has 0 spiro atoms. The van der Waals surface area contributed by atoms with E-state index < -0.39 is 7.60 Å². The molecule has 1 aromatic rings. The third kappa shape index (κ3) is 4.50. The number of benzene rings is 1. The van der Waals surface area contributed by atoms with Gasteiger partial charge in [-0.1, -0.05) is 17.7 Å². The Balaban J connectivity index is 2.93. The number of aryl methyl sites for hydroxylation is 1. The van der Waals surface area contributed by atoms with E-state index in [1.165, 1.54) is 6.20 Å². The van der Waals surface area contributed by atoms with Crippen LogP contribution in [-0.4, -0.2) is 13.2 Å². The lowest BCUT2D eigenvalue weighted by molar-refractivity contribution is 0.227. The van der Waals surface area contributed by atoms with Gasteiger partial charge >= 0.3 is 7.60 Å². The van der Waals surface area contributed by atoms with E-state index in [9.17, 15) is 4.57 Å². The summed E-state index contributed by atoms with van der Waals surface area (Å²) in [5.41, 5.74) is 1.93. The van der Waals surface area contributed by atoms with Gasteiger partial charge in [0.1, 0.15) is 6.07 Å². The third-order valence-corrected chi connectivity index (χ3v) is 4.45. The fraction of sp³-hybridized carbons (Fsp3) is 0.357. The van der Waals surface area contributed by atoms with Gasteiger partial charge in [-0.05, 0) is 32.9 Å². The van der Waals surface area contributed by atoms with Crippen molar-refractivity contribution in [3.05, 3.63) is 41.3 Å². The lowest BCUT2D eigenvalue weighted by Gasteiger charge is -2.15. The number of nitrogens with one attached hydrogen (secondary N) is 1. The molecule has 1 rings (SSSR count). The fourth-order valence-electron chi connectivity index (χ4n) is 1.49. The van der Waals surface area contributed by atoms with Crippen molar-refractivity contribution in [1.29, 1.82) is 5.26 Å². The van der Waals surface area contributed by atoms with Crippen molar-refractivity contribution in [2.75, 3.05) is 18.5 Å². The minimum absolute atomic E-state index is 0.0400. The van der Waals surface area contributed by atoms with E-state index in [4.69, 9.17) is 14.3 Å². The van der Waals surface area contributed by atoms with Crippen molar-refractivity contribution < 1.29 is 13.6 Å². The van der Waals surface area contributed by atoms with E-state index in [0.29, 0.717) is 0 Å². The molecule has 20 heavy (non-hydrogen) atoms. The summed E-state index contributed by atoms with van der Waals surface area (Å²) < 4.78 is 22.7. The van der Waals surface area contributed by atoms with Crippen LogP contribution in [0.4, 0.5) is 5.69 Å². The largest absolute Gasteiger partial charge is 0.373 e. The fourth-order valence-corrected chi connectivity index (χ4v) is 2.87. The maximum absolute atomic E-state index is 12.4. The summed E-state index contributed by atoms with van der Waals surface area (Å²) in [4.78, 5) is 0. The Labute approximate surface area is 119 Å². The molecular weight excluding hydrogens is 275 g/mol. The van der Waals surface area contributed by atoms with Crippen LogP contribution in [-0.2, 0) is 13.6 Å². The van der Waals surface area contributed by atoms with Crippen molar-refractivity contribution in [1.82, 2.24) is 0 Å². The molecule has 0 unspecified atom stereocenters. The monoisotopic (exact) mass is 294 g/mol. The molecule has 0 saturated carbocycles. The average molecular weight is 294 g/mol. The molecule has 5 nitrogen and oxygen atoms in total. The molecule has 0 aromatic heterocycles. The molecule has 0 aliphatic heterocycles. The number of hydrogen-bond acceptors (Lipinski definition) is 5. The van der Waals surface area contributed by atoms with Gasteiger partial charge in [-0.25, -0.2) is 0 Å². The summed E-state index contributed by atoms with van der Waals surface area (Å²) >= 11 is 0. The zero-order valence-corrected chi connectivity index (χ0v) is 12.8. The van der Waals surface area contributed by atoms with Crippen molar-refractivity contribution >= 4 is 13.3 Å². The molecule has 108 valence electrons. The first-order valence-corrected chi connectivity index (χ1v) is 7.93. The number of allylic oxidation sites excluding steroid dienone is 1. The van der Waals surface area contributed by atoms with E-state index in [1.807, 2.05) is 37.3 Å². The average Bonchev–Trinajstić information content (AvgIpc) is 2.42. The summed E-state index contributed by atoms with van der Waals surface area (Å²) in [5.74, 6) is 0.